The molecule has 0 aliphatic carbocycles. The van der Waals surface area contributed by atoms with Gasteiger partial charge in [0.2, 0.25) is 0 Å². The molecule has 108 valence electrons. The average Bonchev–Trinajstić information content (AvgIpc) is 2.38. The fraction of sp³-hybridized carbons (Fsp3) is 0.625. The van der Waals surface area contributed by atoms with E-state index >= 15 is 0 Å². The summed E-state index contributed by atoms with van der Waals surface area (Å²) < 4.78 is 0. The highest BCUT2D eigenvalue weighted by atomic mass is 32.2. The van der Waals surface area contributed by atoms with Gasteiger partial charge in [0.1, 0.15) is 0 Å². The summed E-state index contributed by atoms with van der Waals surface area (Å²) >= 11 is 1.97. The summed E-state index contributed by atoms with van der Waals surface area (Å²) in [4.78, 5) is 0. The molecule has 3 heteroatoms. The first-order valence-corrected chi connectivity index (χ1v) is 8.11. The van der Waals surface area contributed by atoms with E-state index < -0.39 is 0 Å². The number of nitrogens with two attached hydrogens (primary N) is 1. The molecule has 0 saturated carbocycles. The molecule has 0 aromatic heterocycles. The predicted octanol–water partition coefficient (Wildman–Crippen LogP) is 4.02. The summed E-state index contributed by atoms with van der Waals surface area (Å²) in [5.74, 6) is 6.71. The Labute approximate surface area is 122 Å². The summed E-state index contributed by atoms with van der Waals surface area (Å²) in [5.41, 5.74) is 5.77. The Hall–Kier alpha value is -0.510. The van der Waals surface area contributed by atoms with Crippen molar-refractivity contribution in [2.24, 2.45) is 5.84 Å². The molecule has 0 radical (unpaired) electrons. The molecule has 0 bridgehead atoms. The van der Waals surface area contributed by atoms with E-state index in [4.69, 9.17) is 5.84 Å². The highest BCUT2D eigenvalue weighted by molar-refractivity contribution is 7.99. The third kappa shape index (κ3) is 5.17. The first kappa shape index (κ1) is 16.5. The van der Waals surface area contributed by atoms with Crippen molar-refractivity contribution in [3.05, 3.63) is 35.4 Å². The third-order valence-electron chi connectivity index (χ3n) is 3.50. The van der Waals surface area contributed by atoms with Gasteiger partial charge in [-0.15, -0.1) is 0 Å². The highest BCUT2D eigenvalue weighted by Crippen LogP contribution is 2.26. The van der Waals surface area contributed by atoms with Crippen LogP contribution in [0.4, 0.5) is 0 Å². The van der Waals surface area contributed by atoms with E-state index in [2.05, 4.69) is 64.3 Å². The van der Waals surface area contributed by atoms with Crippen LogP contribution in [0.25, 0.3) is 0 Å². The lowest BCUT2D eigenvalue weighted by atomic mass is 9.86. The predicted molar refractivity (Wildman–Crippen MR) is 87.4 cm³/mol. The second-order valence-corrected chi connectivity index (χ2v) is 7.61. The van der Waals surface area contributed by atoms with Crippen molar-refractivity contribution in [3.8, 4) is 0 Å². The first-order valence-electron chi connectivity index (χ1n) is 7.06. The van der Waals surface area contributed by atoms with Crippen LogP contribution in [0.1, 0.15) is 58.2 Å². The average molecular weight is 280 g/mol. The van der Waals surface area contributed by atoms with Gasteiger partial charge in [-0.2, -0.15) is 11.8 Å². The Morgan fingerprint density at radius 2 is 1.79 bits per heavy atom. The van der Waals surface area contributed by atoms with Gasteiger partial charge in [0.25, 0.3) is 0 Å². The van der Waals surface area contributed by atoms with Crippen LogP contribution in [-0.2, 0) is 5.41 Å². The molecule has 3 N–H and O–H groups in total. The van der Waals surface area contributed by atoms with Gasteiger partial charge in [0.15, 0.2) is 0 Å². The molecular formula is C16H28N2S. The Bertz CT molecular complexity index is 367. The third-order valence-corrected chi connectivity index (χ3v) is 4.93. The van der Waals surface area contributed by atoms with E-state index in [0.717, 1.165) is 5.75 Å². The van der Waals surface area contributed by atoms with Gasteiger partial charge < -0.3 is 0 Å². The molecule has 0 aliphatic heterocycles. The number of hydrogen-bond donors (Lipinski definition) is 2. The van der Waals surface area contributed by atoms with Crippen LogP contribution in [0.3, 0.4) is 0 Å². The largest absolute Gasteiger partial charge is 0.271 e. The van der Waals surface area contributed by atoms with Gasteiger partial charge in [0.05, 0.1) is 6.04 Å². The van der Waals surface area contributed by atoms with E-state index in [9.17, 15) is 0 Å². The second-order valence-electron chi connectivity index (χ2n) is 6.14. The Morgan fingerprint density at radius 3 is 2.21 bits per heavy atom. The number of hydrazine groups is 1. The number of hydrogen-bond acceptors (Lipinski definition) is 3. The van der Waals surface area contributed by atoms with E-state index in [-0.39, 0.29) is 11.5 Å². The maximum Gasteiger partial charge on any atom is 0.0550 e. The van der Waals surface area contributed by atoms with Crippen LogP contribution in [0.2, 0.25) is 0 Å². The minimum Gasteiger partial charge on any atom is -0.271 e. The standard InChI is InChI=1S/C16H28N2S/c1-6-12(2)19-11-15(18-17)13-7-9-14(10-8-13)16(3,4)5/h7-10,12,15,18H,6,11,17H2,1-5H3. The number of nitrogens with one attached hydrogen (secondary N) is 1. The summed E-state index contributed by atoms with van der Waals surface area (Å²) in [6, 6.07) is 9.05. The maximum absolute atomic E-state index is 5.69. The van der Waals surface area contributed by atoms with Crippen molar-refractivity contribution in [2.45, 2.75) is 57.7 Å². The molecule has 2 unspecified atom stereocenters. The van der Waals surface area contributed by atoms with Crippen LogP contribution in [0, 0.1) is 0 Å². The Balaban J connectivity index is 2.71. The molecule has 2 nitrogen and oxygen atoms in total. The number of rotatable bonds is 6. The van der Waals surface area contributed by atoms with E-state index in [1.165, 1.54) is 17.5 Å². The van der Waals surface area contributed by atoms with Crippen molar-refractivity contribution < 1.29 is 0 Å². The van der Waals surface area contributed by atoms with Crippen LogP contribution in [0.15, 0.2) is 24.3 Å². The molecule has 2 atom stereocenters. The maximum atomic E-state index is 5.69. The van der Waals surface area contributed by atoms with Crippen molar-refractivity contribution in [3.63, 3.8) is 0 Å². The zero-order valence-corrected chi connectivity index (χ0v) is 13.7. The molecule has 1 rings (SSSR count). The molecule has 0 heterocycles. The Morgan fingerprint density at radius 1 is 1.21 bits per heavy atom. The van der Waals surface area contributed by atoms with Crippen molar-refractivity contribution in [1.82, 2.24) is 5.43 Å². The van der Waals surface area contributed by atoms with Gasteiger partial charge in [-0.1, -0.05) is 58.9 Å². The van der Waals surface area contributed by atoms with Gasteiger partial charge in [-0.3, -0.25) is 11.3 Å². The summed E-state index contributed by atoms with van der Waals surface area (Å²) in [6.45, 7) is 11.2. The summed E-state index contributed by atoms with van der Waals surface area (Å²) in [7, 11) is 0. The van der Waals surface area contributed by atoms with Gasteiger partial charge in [-0.25, -0.2) is 0 Å². The SMILES string of the molecule is CCC(C)SCC(NN)c1ccc(C(C)(C)C)cc1. The smallest absolute Gasteiger partial charge is 0.0550 e. The van der Waals surface area contributed by atoms with Gasteiger partial charge >= 0.3 is 0 Å². The lowest BCUT2D eigenvalue weighted by Gasteiger charge is -2.22. The zero-order valence-electron chi connectivity index (χ0n) is 12.9. The van der Waals surface area contributed by atoms with Crippen molar-refractivity contribution in [1.29, 1.82) is 0 Å². The summed E-state index contributed by atoms with van der Waals surface area (Å²) in [6.07, 6.45) is 1.20. The monoisotopic (exact) mass is 280 g/mol. The van der Waals surface area contributed by atoms with Crippen molar-refractivity contribution in [2.75, 3.05) is 5.75 Å². The number of thioether (sulfide) groups is 1. The highest BCUT2D eigenvalue weighted by Gasteiger charge is 2.15. The lowest BCUT2D eigenvalue weighted by Crippen LogP contribution is -2.30. The summed E-state index contributed by atoms with van der Waals surface area (Å²) in [5, 5.41) is 0.685. The van der Waals surface area contributed by atoms with Crippen LogP contribution in [-0.4, -0.2) is 11.0 Å². The normalized spacial score (nSPS) is 15.3. The van der Waals surface area contributed by atoms with Crippen LogP contribution in [0.5, 0.6) is 0 Å². The fourth-order valence-corrected chi connectivity index (χ4v) is 2.88. The fourth-order valence-electron chi connectivity index (χ4n) is 1.83. The number of benzene rings is 1. The van der Waals surface area contributed by atoms with Gasteiger partial charge in [-0.05, 0) is 23.0 Å². The van der Waals surface area contributed by atoms with Gasteiger partial charge in [0, 0.05) is 11.0 Å². The minimum absolute atomic E-state index is 0.204. The molecule has 0 spiro atoms. The van der Waals surface area contributed by atoms with E-state index in [0.29, 0.717) is 5.25 Å². The lowest BCUT2D eigenvalue weighted by molar-refractivity contribution is 0.585. The quantitative estimate of drug-likeness (QED) is 0.610. The first-order chi connectivity index (χ1) is 8.88. The molecule has 1 aromatic rings. The van der Waals surface area contributed by atoms with Crippen LogP contribution < -0.4 is 11.3 Å². The molecular weight excluding hydrogens is 252 g/mol. The van der Waals surface area contributed by atoms with Crippen molar-refractivity contribution >= 4 is 11.8 Å². The Kier molecular flexibility index (Phi) is 6.37. The molecule has 1 aromatic carbocycles. The van der Waals surface area contributed by atoms with E-state index in [1.807, 2.05) is 11.8 Å². The molecule has 0 saturated heterocycles. The zero-order chi connectivity index (χ0) is 14.5. The minimum atomic E-state index is 0.204. The van der Waals surface area contributed by atoms with Crippen LogP contribution >= 0.6 is 11.8 Å². The van der Waals surface area contributed by atoms with E-state index in [1.54, 1.807) is 0 Å². The topological polar surface area (TPSA) is 38.0 Å². The molecule has 0 fully saturated rings. The molecule has 19 heavy (non-hydrogen) atoms. The molecule has 0 aliphatic rings. The molecule has 0 amide bonds. The second kappa shape index (κ2) is 7.32.